The van der Waals surface area contributed by atoms with Crippen molar-refractivity contribution in [3.05, 3.63) is 36.5 Å². The number of carbonyl (C=O) groups is 1. The minimum absolute atomic E-state index is 0.226. The number of allylic oxidation sites excluding steroid dienone is 6. The Kier molecular flexibility index (Phi) is 7.37. The maximum atomic E-state index is 11.9. The van der Waals surface area contributed by atoms with E-state index >= 15 is 0 Å². The Morgan fingerprint density at radius 3 is 2.35 bits per heavy atom. The topological polar surface area (TPSA) is 17.1 Å². The second kappa shape index (κ2) is 8.98. The Hall–Kier alpha value is -1.11. The minimum atomic E-state index is 0.226. The third kappa shape index (κ3) is 6.25. The molecule has 17 heavy (non-hydrogen) atoms. The standard InChI is InChI=1S/C16H24O/c1-2-12-16(17)15-13-10-8-6-4-3-5-7-9-11-14-15/h2,4,6-7,9,12,15H,3,5,8,10-11,13-14H2,1H3/b6-4-,9-7-,12-2?. The van der Waals surface area contributed by atoms with Crippen molar-refractivity contribution in [2.45, 2.75) is 51.9 Å². The van der Waals surface area contributed by atoms with Gasteiger partial charge in [-0.05, 0) is 57.9 Å². The molecule has 0 heterocycles. The van der Waals surface area contributed by atoms with Crippen molar-refractivity contribution in [3.8, 4) is 0 Å². The zero-order valence-corrected chi connectivity index (χ0v) is 10.9. The highest BCUT2D eigenvalue weighted by atomic mass is 16.1. The second-order valence-electron chi connectivity index (χ2n) is 4.63. The van der Waals surface area contributed by atoms with E-state index in [2.05, 4.69) is 24.3 Å². The first kappa shape index (κ1) is 14.0. The smallest absolute Gasteiger partial charge is 0.158 e. The molecule has 1 nitrogen and oxygen atoms in total. The highest BCUT2D eigenvalue weighted by Crippen LogP contribution is 2.18. The van der Waals surface area contributed by atoms with Crippen LogP contribution in [0.2, 0.25) is 0 Å². The van der Waals surface area contributed by atoms with Crippen LogP contribution in [0.4, 0.5) is 0 Å². The van der Waals surface area contributed by atoms with Gasteiger partial charge in [0.2, 0.25) is 0 Å². The lowest BCUT2D eigenvalue weighted by molar-refractivity contribution is -0.118. The first-order valence-corrected chi connectivity index (χ1v) is 6.81. The van der Waals surface area contributed by atoms with Crippen LogP contribution in [0.1, 0.15) is 51.9 Å². The summed E-state index contributed by atoms with van der Waals surface area (Å²) in [5.74, 6) is 0.533. The molecule has 0 saturated heterocycles. The lowest BCUT2D eigenvalue weighted by Gasteiger charge is -2.12. The van der Waals surface area contributed by atoms with E-state index < -0.39 is 0 Å². The van der Waals surface area contributed by atoms with Crippen molar-refractivity contribution in [2.75, 3.05) is 0 Å². The molecule has 94 valence electrons. The fraction of sp³-hybridized carbons (Fsp3) is 0.562. The van der Waals surface area contributed by atoms with Crippen LogP contribution in [0.3, 0.4) is 0 Å². The van der Waals surface area contributed by atoms with Gasteiger partial charge < -0.3 is 0 Å². The number of rotatable bonds is 2. The number of hydrogen-bond donors (Lipinski definition) is 0. The lowest BCUT2D eigenvalue weighted by Crippen LogP contribution is -2.11. The van der Waals surface area contributed by atoms with E-state index in [1.807, 2.05) is 13.0 Å². The molecule has 0 saturated carbocycles. The molecule has 1 aliphatic carbocycles. The van der Waals surface area contributed by atoms with Gasteiger partial charge in [-0.15, -0.1) is 0 Å². The first-order valence-electron chi connectivity index (χ1n) is 6.81. The fourth-order valence-corrected chi connectivity index (χ4v) is 2.17. The molecule has 1 atom stereocenters. The number of carbonyl (C=O) groups excluding carboxylic acids is 1. The van der Waals surface area contributed by atoms with E-state index in [9.17, 15) is 4.79 Å². The van der Waals surface area contributed by atoms with E-state index in [4.69, 9.17) is 0 Å². The molecule has 0 bridgehead atoms. The number of hydrogen-bond acceptors (Lipinski definition) is 1. The summed E-state index contributed by atoms with van der Waals surface area (Å²) in [5.41, 5.74) is 0. The van der Waals surface area contributed by atoms with Crippen molar-refractivity contribution >= 4 is 5.78 Å². The van der Waals surface area contributed by atoms with Gasteiger partial charge in [-0.3, -0.25) is 4.79 Å². The highest BCUT2D eigenvalue weighted by Gasteiger charge is 2.14. The fourth-order valence-electron chi connectivity index (χ4n) is 2.17. The summed E-state index contributed by atoms with van der Waals surface area (Å²) >= 11 is 0. The van der Waals surface area contributed by atoms with Gasteiger partial charge in [0.25, 0.3) is 0 Å². The van der Waals surface area contributed by atoms with E-state index in [-0.39, 0.29) is 5.92 Å². The van der Waals surface area contributed by atoms with Gasteiger partial charge in [0.1, 0.15) is 0 Å². The molecule has 0 radical (unpaired) electrons. The van der Waals surface area contributed by atoms with E-state index in [1.54, 1.807) is 6.08 Å². The van der Waals surface area contributed by atoms with Crippen LogP contribution < -0.4 is 0 Å². The molecule has 1 unspecified atom stereocenters. The molecule has 0 amide bonds. The molecule has 0 fully saturated rings. The third-order valence-corrected chi connectivity index (χ3v) is 3.17. The predicted octanol–water partition coefficient (Wildman–Crippen LogP) is 4.60. The monoisotopic (exact) mass is 232 g/mol. The summed E-state index contributed by atoms with van der Waals surface area (Å²) in [6, 6.07) is 0. The summed E-state index contributed by atoms with van der Waals surface area (Å²) in [6.07, 6.45) is 20.2. The van der Waals surface area contributed by atoms with Crippen molar-refractivity contribution in [3.63, 3.8) is 0 Å². The van der Waals surface area contributed by atoms with Gasteiger partial charge in [-0.2, -0.15) is 0 Å². The maximum Gasteiger partial charge on any atom is 0.158 e. The molecule has 0 aromatic rings. The number of ketones is 1. The van der Waals surface area contributed by atoms with Crippen LogP contribution >= 0.6 is 0 Å². The van der Waals surface area contributed by atoms with Gasteiger partial charge in [-0.1, -0.05) is 30.4 Å². The van der Waals surface area contributed by atoms with Crippen LogP contribution in [-0.4, -0.2) is 5.78 Å². The van der Waals surface area contributed by atoms with Gasteiger partial charge in [0.05, 0.1) is 0 Å². The Morgan fingerprint density at radius 2 is 1.65 bits per heavy atom. The molecular formula is C16H24O. The first-order chi connectivity index (χ1) is 8.34. The van der Waals surface area contributed by atoms with E-state index in [0.29, 0.717) is 5.78 Å². The molecule has 0 aliphatic heterocycles. The van der Waals surface area contributed by atoms with Crippen molar-refractivity contribution in [2.24, 2.45) is 5.92 Å². The van der Waals surface area contributed by atoms with Crippen LogP contribution in [-0.2, 0) is 4.79 Å². The van der Waals surface area contributed by atoms with Crippen molar-refractivity contribution in [1.82, 2.24) is 0 Å². The van der Waals surface area contributed by atoms with Gasteiger partial charge in [0.15, 0.2) is 5.78 Å². The van der Waals surface area contributed by atoms with Gasteiger partial charge in [-0.25, -0.2) is 0 Å². The van der Waals surface area contributed by atoms with Gasteiger partial charge >= 0.3 is 0 Å². The largest absolute Gasteiger partial charge is 0.295 e. The predicted molar refractivity (Wildman–Crippen MR) is 73.9 cm³/mol. The molecule has 0 aromatic heterocycles. The summed E-state index contributed by atoms with van der Waals surface area (Å²) in [4.78, 5) is 11.9. The van der Waals surface area contributed by atoms with Crippen molar-refractivity contribution in [1.29, 1.82) is 0 Å². The third-order valence-electron chi connectivity index (χ3n) is 3.17. The van der Waals surface area contributed by atoms with Crippen LogP contribution in [0.25, 0.3) is 0 Å². The van der Waals surface area contributed by atoms with Crippen LogP contribution in [0.15, 0.2) is 36.5 Å². The molecule has 0 N–H and O–H groups in total. The minimum Gasteiger partial charge on any atom is -0.295 e. The maximum absolute atomic E-state index is 11.9. The SMILES string of the molecule is CC=CC(=O)C1CC/C=C\CC/C=C\CCC1. The Bertz CT molecular complexity index is 297. The summed E-state index contributed by atoms with van der Waals surface area (Å²) in [7, 11) is 0. The normalized spacial score (nSPS) is 27.0. The van der Waals surface area contributed by atoms with E-state index in [0.717, 1.165) is 44.9 Å². The van der Waals surface area contributed by atoms with E-state index in [1.165, 1.54) is 0 Å². The molecule has 0 spiro atoms. The summed E-state index contributed by atoms with van der Waals surface area (Å²) < 4.78 is 0. The molecule has 1 rings (SSSR count). The van der Waals surface area contributed by atoms with Gasteiger partial charge in [0, 0.05) is 5.92 Å². The lowest BCUT2D eigenvalue weighted by atomic mass is 9.91. The van der Waals surface area contributed by atoms with Crippen molar-refractivity contribution < 1.29 is 4.79 Å². The Labute approximate surface area is 105 Å². The zero-order chi connectivity index (χ0) is 12.3. The summed E-state index contributed by atoms with van der Waals surface area (Å²) in [5, 5.41) is 0. The second-order valence-corrected chi connectivity index (χ2v) is 4.63. The van der Waals surface area contributed by atoms with Crippen LogP contribution in [0.5, 0.6) is 0 Å². The highest BCUT2D eigenvalue weighted by molar-refractivity contribution is 5.91. The molecule has 0 aromatic carbocycles. The molecule has 1 heteroatoms. The summed E-state index contributed by atoms with van der Waals surface area (Å²) in [6.45, 7) is 1.91. The average molecular weight is 232 g/mol. The molecule has 1 aliphatic rings. The molecular weight excluding hydrogens is 208 g/mol. The average Bonchev–Trinajstić information content (AvgIpc) is 2.30. The Morgan fingerprint density at radius 1 is 1.00 bits per heavy atom. The quantitative estimate of drug-likeness (QED) is 0.502. The zero-order valence-electron chi connectivity index (χ0n) is 10.9. The van der Waals surface area contributed by atoms with Crippen LogP contribution in [0, 0.1) is 5.92 Å². The Balaban J connectivity index is 2.52.